The molecule has 0 saturated carbocycles. The van der Waals surface area contributed by atoms with E-state index in [1.165, 1.54) is 24.4 Å². The van der Waals surface area contributed by atoms with Crippen molar-refractivity contribution < 1.29 is 23.0 Å². The van der Waals surface area contributed by atoms with Crippen LogP contribution in [0.3, 0.4) is 0 Å². The third-order valence-electron chi connectivity index (χ3n) is 5.52. The van der Waals surface area contributed by atoms with Crippen LogP contribution in [0.15, 0.2) is 59.5 Å². The molecule has 1 aliphatic rings. The first-order chi connectivity index (χ1) is 15.9. The quantitative estimate of drug-likeness (QED) is 0.494. The second-order valence-electron chi connectivity index (χ2n) is 7.71. The minimum atomic E-state index is -0.730. The SMILES string of the molecule is CC(NC(=O)c1cc2c(=O)[nH]c(-c3ccc4c(c3)OCCO4)c(F)n2c1)c1ccc(F)cc1. The highest BCUT2D eigenvalue weighted by molar-refractivity contribution is 5.95. The molecule has 1 amide bonds. The van der Waals surface area contributed by atoms with E-state index in [2.05, 4.69) is 10.3 Å². The number of halogens is 2. The lowest BCUT2D eigenvalue weighted by Gasteiger charge is -2.19. The van der Waals surface area contributed by atoms with Crippen LogP contribution in [-0.4, -0.2) is 28.5 Å². The Hall–Kier alpha value is -4.14. The minimum absolute atomic E-state index is 0.00613. The molecule has 1 atom stereocenters. The van der Waals surface area contributed by atoms with Gasteiger partial charge < -0.3 is 19.8 Å². The summed E-state index contributed by atoms with van der Waals surface area (Å²) in [6, 6.07) is 11.5. The van der Waals surface area contributed by atoms with Gasteiger partial charge in [0, 0.05) is 11.8 Å². The van der Waals surface area contributed by atoms with E-state index in [1.807, 2.05) is 0 Å². The maximum absolute atomic E-state index is 15.4. The molecular formula is C24H19F2N3O4. The number of carbonyl (C=O) groups excluding carboxylic acids is 1. The van der Waals surface area contributed by atoms with Crippen LogP contribution in [-0.2, 0) is 0 Å². The number of hydrogen-bond donors (Lipinski definition) is 2. The molecule has 7 nitrogen and oxygen atoms in total. The summed E-state index contributed by atoms with van der Waals surface area (Å²) in [5.74, 6) is -0.591. The van der Waals surface area contributed by atoms with E-state index >= 15 is 4.39 Å². The van der Waals surface area contributed by atoms with Crippen molar-refractivity contribution in [1.82, 2.24) is 14.7 Å². The van der Waals surface area contributed by atoms with Crippen molar-refractivity contribution in [2.45, 2.75) is 13.0 Å². The number of hydrogen-bond acceptors (Lipinski definition) is 4. The molecule has 3 heterocycles. The second-order valence-corrected chi connectivity index (χ2v) is 7.71. The number of ether oxygens (including phenoxy) is 2. The molecule has 0 bridgehead atoms. The Morgan fingerprint density at radius 3 is 2.55 bits per heavy atom. The number of rotatable bonds is 4. The number of amides is 1. The van der Waals surface area contributed by atoms with Gasteiger partial charge in [-0.05, 0) is 48.9 Å². The summed E-state index contributed by atoms with van der Waals surface area (Å²) in [6.07, 6.45) is 1.27. The molecular weight excluding hydrogens is 432 g/mol. The van der Waals surface area contributed by atoms with Gasteiger partial charge in [-0.15, -0.1) is 0 Å². The van der Waals surface area contributed by atoms with Gasteiger partial charge in [-0.1, -0.05) is 12.1 Å². The summed E-state index contributed by atoms with van der Waals surface area (Å²) in [5, 5.41) is 2.77. The molecule has 0 spiro atoms. The molecule has 9 heteroatoms. The number of carbonyl (C=O) groups is 1. The highest BCUT2D eigenvalue weighted by Crippen LogP contribution is 2.34. The van der Waals surface area contributed by atoms with Crippen molar-refractivity contribution in [3.63, 3.8) is 0 Å². The second kappa shape index (κ2) is 8.09. The minimum Gasteiger partial charge on any atom is -0.486 e. The third-order valence-corrected chi connectivity index (χ3v) is 5.52. The number of nitrogens with one attached hydrogen (secondary N) is 2. The van der Waals surface area contributed by atoms with Gasteiger partial charge in [-0.3, -0.25) is 14.0 Å². The Bertz CT molecular complexity index is 1430. The fourth-order valence-corrected chi connectivity index (χ4v) is 3.78. The first kappa shape index (κ1) is 20.7. The lowest BCUT2D eigenvalue weighted by atomic mass is 10.1. The number of aromatic nitrogens is 2. The zero-order chi connectivity index (χ0) is 23.1. The molecule has 2 aromatic heterocycles. The number of aromatic amines is 1. The normalized spacial score (nSPS) is 13.7. The summed E-state index contributed by atoms with van der Waals surface area (Å²) < 4.78 is 40.6. The van der Waals surface area contributed by atoms with Crippen LogP contribution in [0.25, 0.3) is 16.8 Å². The number of fused-ring (bicyclic) bond motifs is 2. The molecule has 4 aromatic rings. The molecule has 1 aliphatic heterocycles. The molecule has 0 aliphatic carbocycles. The Morgan fingerprint density at radius 1 is 1.06 bits per heavy atom. The molecule has 2 N–H and O–H groups in total. The van der Waals surface area contributed by atoms with Gasteiger partial charge in [0.2, 0.25) is 5.95 Å². The van der Waals surface area contributed by atoms with Crippen molar-refractivity contribution in [1.29, 1.82) is 0 Å². The molecule has 2 aromatic carbocycles. The van der Waals surface area contributed by atoms with E-state index in [0.717, 1.165) is 4.40 Å². The lowest BCUT2D eigenvalue weighted by Crippen LogP contribution is -2.26. The average molecular weight is 451 g/mol. The average Bonchev–Trinajstić information content (AvgIpc) is 3.28. The summed E-state index contributed by atoms with van der Waals surface area (Å²) in [6.45, 7) is 2.55. The van der Waals surface area contributed by atoms with Gasteiger partial charge in [-0.25, -0.2) is 4.39 Å². The molecule has 168 valence electrons. The van der Waals surface area contributed by atoms with E-state index in [4.69, 9.17) is 9.47 Å². The summed E-state index contributed by atoms with van der Waals surface area (Å²) in [4.78, 5) is 27.9. The monoisotopic (exact) mass is 451 g/mol. The summed E-state index contributed by atoms with van der Waals surface area (Å²) >= 11 is 0. The predicted molar refractivity (Wildman–Crippen MR) is 117 cm³/mol. The van der Waals surface area contributed by atoms with E-state index in [9.17, 15) is 14.0 Å². The van der Waals surface area contributed by atoms with Crippen molar-refractivity contribution in [2.75, 3.05) is 13.2 Å². The predicted octanol–water partition coefficient (Wildman–Crippen LogP) is 3.84. The molecule has 5 rings (SSSR count). The van der Waals surface area contributed by atoms with Crippen LogP contribution in [0.4, 0.5) is 8.78 Å². The van der Waals surface area contributed by atoms with Crippen molar-refractivity contribution >= 4 is 11.4 Å². The zero-order valence-corrected chi connectivity index (χ0v) is 17.5. The van der Waals surface area contributed by atoms with Crippen LogP contribution in [0.2, 0.25) is 0 Å². The fourth-order valence-electron chi connectivity index (χ4n) is 3.78. The summed E-state index contributed by atoms with van der Waals surface area (Å²) in [5.41, 5.74) is 0.638. The van der Waals surface area contributed by atoms with Crippen LogP contribution < -0.4 is 20.3 Å². The van der Waals surface area contributed by atoms with Crippen molar-refractivity contribution in [3.05, 3.63) is 88.0 Å². The van der Waals surface area contributed by atoms with Crippen LogP contribution in [0.1, 0.15) is 28.9 Å². The van der Waals surface area contributed by atoms with E-state index < -0.39 is 23.5 Å². The lowest BCUT2D eigenvalue weighted by molar-refractivity contribution is 0.0940. The number of nitrogens with zero attached hydrogens (tertiary/aromatic N) is 1. The van der Waals surface area contributed by atoms with E-state index in [1.54, 1.807) is 37.3 Å². The first-order valence-corrected chi connectivity index (χ1v) is 10.3. The standard InChI is InChI=1S/C24H19F2N3O4/c1-13(14-2-5-17(25)6-3-14)27-23(30)16-10-18-24(31)28-21(22(26)29(18)12-16)15-4-7-19-20(11-15)33-9-8-32-19/h2-7,10-13H,8-9H2,1H3,(H,27,30)(H,28,31). The molecule has 33 heavy (non-hydrogen) atoms. The highest BCUT2D eigenvalue weighted by atomic mass is 19.1. The topological polar surface area (TPSA) is 84.8 Å². The van der Waals surface area contributed by atoms with E-state index in [0.29, 0.717) is 35.8 Å². The Kier molecular flexibility index (Phi) is 5.08. The number of H-pyrrole nitrogens is 1. The largest absolute Gasteiger partial charge is 0.486 e. The van der Waals surface area contributed by atoms with E-state index in [-0.39, 0.29) is 22.6 Å². The van der Waals surface area contributed by atoms with Crippen LogP contribution in [0.5, 0.6) is 11.5 Å². The Balaban J connectivity index is 1.47. The van der Waals surface area contributed by atoms with Gasteiger partial charge >= 0.3 is 0 Å². The molecule has 0 radical (unpaired) electrons. The van der Waals surface area contributed by atoms with Gasteiger partial charge in [0.05, 0.1) is 11.6 Å². The fraction of sp³-hybridized carbons (Fsp3) is 0.167. The Labute approximate surface area is 186 Å². The van der Waals surface area contributed by atoms with Gasteiger partial charge in [0.1, 0.15) is 30.2 Å². The first-order valence-electron chi connectivity index (χ1n) is 10.3. The van der Waals surface area contributed by atoms with Gasteiger partial charge in [0.25, 0.3) is 11.5 Å². The smallest absolute Gasteiger partial charge is 0.272 e. The van der Waals surface area contributed by atoms with Gasteiger partial charge in [0.15, 0.2) is 11.5 Å². The third kappa shape index (κ3) is 3.82. The van der Waals surface area contributed by atoms with Crippen molar-refractivity contribution in [2.24, 2.45) is 0 Å². The zero-order valence-electron chi connectivity index (χ0n) is 17.5. The maximum Gasteiger partial charge on any atom is 0.272 e. The van der Waals surface area contributed by atoms with Crippen LogP contribution in [0, 0.1) is 11.8 Å². The van der Waals surface area contributed by atoms with Crippen molar-refractivity contribution in [3.8, 4) is 22.8 Å². The van der Waals surface area contributed by atoms with Crippen LogP contribution >= 0.6 is 0 Å². The highest BCUT2D eigenvalue weighted by Gasteiger charge is 2.20. The molecule has 0 saturated heterocycles. The molecule has 1 unspecified atom stereocenters. The maximum atomic E-state index is 15.4. The van der Waals surface area contributed by atoms with Gasteiger partial charge in [-0.2, -0.15) is 4.39 Å². The molecule has 0 fully saturated rings. The number of benzene rings is 2. The Morgan fingerprint density at radius 2 is 1.79 bits per heavy atom. The summed E-state index contributed by atoms with van der Waals surface area (Å²) in [7, 11) is 0.